The molecule has 0 saturated carbocycles. The van der Waals surface area contributed by atoms with E-state index in [2.05, 4.69) is 32.0 Å². The number of rotatable bonds is 4. The molecule has 4 heteroatoms. The fourth-order valence-electron chi connectivity index (χ4n) is 2.95. The highest BCUT2D eigenvalue weighted by Gasteiger charge is 2.33. The van der Waals surface area contributed by atoms with E-state index in [1.807, 2.05) is 4.90 Å². The first kappa shape index (κ1) is 15.0. The SMILES string of the molecule is COCC(N)C(=O)N1CCCC1c1cccc(C)c1C. The normalized spacial score (nSPS) is 20.2. The molecule has 1 aromatic carbocycles. The molecule has 110 valence electrons. The molecule has 1 heterocycles. The van der Waals surface area contributed by atoms with Crippen molar-refractivity contribution in [1.29, 1.82) is 0 Å². The number of nitrogens with two attached hydrogens (primary N) is 1. The lowest BCUT2D eigenvalue weighted by atomic mass is 9.96. The van der Waals surface area contributed by atoms with E-state index in [0.29, 0.717) is 0 Å². The topological polar surface area (TPSA) is 55.6 Å². The first-order valence-electron chi connectivity index (χ1n) is 7.17. The molecule has 20 heavy (non-hydrogen) atoms. The first-order chi connectivity index (χ1) is 9.56. The van der Waals surface area contributed by atoms with Crippen molar-refractivity contribution in [2.75, 3.05) is 20.3 Å². The van der Waals surface area contributed by atoms with Gasteiger partial charge < -0.3 is 15.4 Å². The molecule has 0 radical (unpaired) electrons. The van der Waals surface area contributed by atoms with Gasteiger partial charge in [0.05, 0.1) is 12.6 Å². The highest BCUT2D eigenvalue weighted by atomic mass is 16.5. The van der Waals surface area contributed by atoms with Gasteiger partial charge in [0.15, 0.2) is 0 Å². The number of benzene rings is 1. The Labute approximate surface area is 120 Å². The lowest BCUT2D eigenvalue weighted by Crippen LogP contribution is -2.45. The number of hydrogen-bond acceptors (Lipinski definition) is 3. The smallest absolute Gasteiger partial charge is 0.242 e. The molecule has 0 aromatic heterocycles. The number of methoxy groups -OCH3 is 1. The molecule has 2 rings (SSSR count). The summed E-state index contributed by atoms with van der Waals surface area (Å²) in [5.41, 5.74) is 9.69. The van der Waals surface area contributed by atoms with Crippen LogP contribution in [-0.2, 0) is 9.53 Å². The van der Waals surface area contributed by atoms with E-state index in [1.165, 1.54) is 16.7 Å². The summed E-state index contributed by atoms with van der Waals surface area (Å²) < 4.78 is 5.00. The van der Waals surface area contributed by atoms with E-state index >= 15 is 0 Å². The van der Waals surface area contributed by atoms with Gasteiger partial charge in [0.1, 0.15) is 6.04 Å². The monoisotopic (exact) mass is 276 g/mol. The molecule has 2 unspecified atom stereocenters. The third-order valence-electron chi connectivity index (χ3n) is 4.20. The number of hydrogen-bond donors (Lipinski definition) is 1. The van der Waals surface area contributed by atoms with Crippen LogP contribution in [0.1, 0.15) is 35.6 Å². The summed E-state index contributed by atoms with van der Waals surface area (Å²) in [6.07, 6.45) is 2.04. The van der Waals surface area contributed by atoms with Crippen LogP contribution in [0.5, 0.6) is 0 Å². The molecular formula is C16H24N2O2. The maximum Gasteiger partial charge on any atom is 0.242 e. The molecular weight excluding hydrogens is 252 g/mol. The summed E-state index contributed by atoms with van der Waals surface area (Å²) in [4.78, 5) is 14.4. The molecule has 0 aliphatic carbocycles. The van der Waals surface area contributed by atoms with Crippen molar-refractivity contribution in [3.8, 4) is 0 Å². The molecule has 1 aromatic rings. The molecule has 2 N–H and O–H groups in total. The molecule has 1 fully saturated rings. The zero-order valence-corrected chi connectivity index (χ0v) is 12.6. The molecule has 4 nitrogen and oxygen atoms in total. The Morgan fingerprint density at radius 2 is 2.25 bits per heavy atom. The van der Waals surface area contributed by atoms with Gasteiger partial charge in [0.25, 0.3) is 0 Å². The van der Waals surface area contributed by atoms with Crippen LogP contribution in [0.15, 0.2) is 18.2 Å². The van der Waals surface area contributed by atoms with Crippen molar-refractivity contribution in [3.05, 3.63) is 34.9 Å². The minimum atomic E-state index is -0.564. The van der Waals surface area contributed by atoms with Crippen molar-refractivity contribution in [2.45, 2.75) is 38.8 Å². The van der Waals surface area contributed by atoms with E-state index < -0.39 is 6.04 Å². The highest BCUT2D eigenvalue weighted by Crippen LogP contribution is 2.34. The molecule has 1 amide bonds. The quantitative estimate of drug-likeness (QED) is 0.914. The maximum absolute atomic E-state index is 12.4. The fraction of sp³-hybridized carbons (Fsp3) is 0.562. The van der Waals surface area contributed by atoms with Crippen LogP contribution in [0.2, 0.25) is 0 Å². The van der Waals surface area contributed by atoms with Crippen LogP contribution < -0.4 is 5.73 Å². The van der Waals surface area contributed by atoms with E-state index in [-0.39, 0.29) is 18.6 Å². The second kappa shape index (κ2) is 6.37. The number of aryl methyl sites for hydroxylation is 1. The average molecular weight is 276 g/mol. The molecule has 0 spiro atoms. The van der Waals surface area contributed by atoms with Crippen LogP contribution in [0, 0.1) is 13.8 Å². The molecule has 1 aliphatic heterocycles. The lowest BCUT2D eigenvalue weighted by molar-refractivity contribution is -0.134. The number of carbonyl (C=O) groups is 1. The molecule has 2 atom stereocenters. The van der Waals surface area contributed by atoms with Crippen molar-refractivity contribution >= 4 is 5.91 Å². The third-order valence-corrected chi connectivity index (χ3v) is 4.20. The summed E-state index contributed by atoms with van der Waals surface area (Å²) in [6.45, 7) is 5.29. The van der Waals surface area contributed by atoms with Gasteiger partial charge in [0.2, 0.25) is 5.91 Å². The number of nitrogens with zero attached hydrogens (tertiary/aromatic N) is 1. The standard InChI is InChI=1S/C16H24N2O2/c1-11-6-4-7-13(12(11)2)15-8-5-9-18(15)16(19)14(17)10-20-3/h4,6-7,14-15H,5,8-10,17H2,1-3H3. The molecule has 1 saturated heterocycles. The van der Waals surface area contributed by atoms with Crippen molar-refractivity contribution < 1.29 is 9.53 Å². The van der Waals surface area contributed by atoms with E-state index in [1.54, 1.807) is 7.11 Å². The fourth-order valence-corrected chi connectivity index (χ4v) is 2.95. The lowest BCUT2D eigenvalue weighted by Gasteiger charge is -2.29. The predicted molar refractivity (Wildman–Crippen MR) is 79.5 cm³/mol. The third kappa shape index (κ3) is 2.86. The number of likely N-dealkylation sites (tertiary alicyclic amines) is 1. The Bertz CT molecular complexity index is 487. The predicted octanol–water partition coefficient (Wildman–Crippen LogP) is 1.94. The maximum atomic E-state index is 12.4. The second-order valence-electron chi connectivity index (χ2n) is 5.54. The van der Waals surface area contributed by atoms with E-state index in [9.17, 15) is 4.79 Å². The zero-order valence-electron chi connectivity index (χ0n) is 12.6. The summed E-state index contributed by atoms with van der Waals surface area (Å²) in [7, 11) is 1.57. The minimum Gasteiger partial charge on any atom is -0.383 e. The highest BCUT2D eigenvalue weighted by molar-refractivity contribution is 5.82. The van der Waals surface area contributed by atoms with Gasteiger partial charge in [-0.05, 0) is 43.4 Å². The van der Waals surface area contributed by atoms with Crippen LogP contribution in [0.3, 0.4) is 0 Å². The van der Waals surface area contributed by atoms with Crippen LogP contribution >= 0.6 is 0 Å². The van der Waals surface area contributed by atoms with Crippen molar-refractivity contribution in [1.82, 2.24) is 4.90 Å². The summed E-state index contributed by atoms with van der Waals surface area (Å²) in [5.74, 6) is -0.00439. The Balaban J connectivity index is 2.23. The Kier molecular flexibility index (Phi) is 4.78. The van der Waals surface area contributed by atoms with Gasteiger partial charge in [-0.2, -0.15) is 0 Å². The van der Waals surface area contributed by atoms with Crippen LogP contribution in [-0.4, -0.2) is 37.1 Å². The van der Waals surface area contributed by atoms with Gasteiger partial charge in [-0.3, -0.25) is 4.79 Å². The average Bonchev–Trinajstić information content (AvgIpc) is 2.90. The Hall–Kier alpha value is -1.39. The summed E-state index contributed by atoms with van der Waals surface area (Å²) in [5, 5.41) is 0. The van der Waals surface area contributed by atoms with Crippen LogP contribution in [0.4, 0.5) is 0 Å². The number of amides is 1. The Morgan fingerprint density at radius 1 is 1.50 bits per heavy atom. The second-order valence-corrected chi connectivity index (χ2v) is 5.54. The van der Waals surface area contributed by atoms with Gasteiger partial charge in [-0.1, -0.05) is 18.2 Å². The minimum absolute atomic E-state index is 0.00439. The van der Waals surface area contributed by atoms with Gasteiger partial charge in [-0.25, -0.2) is 0 Å². The number of ether oxygens (including phenoxy) is 1. The Morgan fingerprint density at radius 3 is 2.95 bits per heavy atom. The molecule has 0 bridgehead atoms. The van der Waals surface area contributed by atoms with E-state index in [4.69, 9.17) is 10.5 Å². The first-order valence-corrected chi connectivity index (χ1v) is 7.17. The van der Waals surface area contributed by atoms with Crippen molar-refractivity contribution in [2.24, 2.45) is 5.73 Å². The van der Waals surface area contributed by atoms with Crippen LogP contribution in [0.25, 0.3) is 0 Å². The number of carbonyl (C=O) groups excluding carboxylic acids is 1. The largest absolute Gasteiger partial charge is 0.383 e. The van der Waals surface area contributed by atoms with Crippen molar-refractivity contribution in [3.63, 3.8) is 0 Å². The van der Waals surface area contributed by atoms with Gasteiger partial charge >= 0.3 is 0 Å². The summed E-state index contributed by atoms with van der Waals surface area (Å²) in [6, 6.07) is 5.89. The summed E-state index contributed by atoms with van der Waals surface area (Å²) >= 11 is 0. The van der Waals surface area contributed by atoms with E-state index in [0.717, 1.165) is 19.4 Å². The van der Waals surface area contributed by atoms with Gasteiger partial charge in [-0.15, -0.1) is 0 Å². The van der Waals surface area contributed by atoms with Gasteiger partial charge in [0, 0.05) is 13.7 Å². The zero-order chi connectivity index (χ0) is 14.7. The molecule has 1 aliphatic rings.